The molecule has 2 heterocycles. The summed E-state index contributed by atoms with van der Waals surface area (Å²) in [6, 6.07) is 8.23. The van der Waals surface area contributed by atoms with Crippen LogP contribution in [0.3, 0.4) is 0 Å². The van der Waals surface area contributed by atoms with Crippen molar-refractivity contribution in [2.45, 2.75) is 20.3 Å². The first-order valence-corrected chi connectivity index (χ1v) is 11.1. The van der Waals surface area contributed by atoms with Crippen molar-refractivity contribution in [2.75, 3.05) is 24.5 Å². The topological polar surface area (TPSA) is 94.1 Å². The third-order valence-electron chi connectivity index (χ3n) is 3.83. The molecule has 158 valence electrons. The summed E-state index contributed by atoms with van der Waals surface area (Å²) in [7, 11) is 0. The summed E-state index contributed by atoms with van der Waals surface area (Å²) in [5.41, 5.74) is 2.70. The van der Waals surface area contributed by atoms with E-state index in [0.717, 1.165) is 34.1 Å². The van der Waals surface area contributed by atoms with Crippen LogP contribution in [0.15, 0.2) is 47.5 Å². The highest BCUT2D eigenvalue weighted by molar-refractivity contribution is 9.10. The van der Waals surface area contributed by atoms with Crippen LogP contribution in [0.5, 0.6) is 11.9 Å². The van der Waals surface area contributed by atoms with Gasteiger partial charge < -0.3 is 14.2 Å². The number of halogens is 1. The van der Waals surface area contributed by atoms with Crippen molar-refractivity contribution in [3.63, 3.8) is 0 Å². The van der Waals surface area contributed by atoms with Crippen LogP contribution in [0.25, 0.3) is 11.1 Å². The highest BCUT2D eigenvalue weighted by Crippen LogP contribution is 2.35. The smallest absolute Gasteiger partial charge is 0.316 e. The summed E-state index contributed by atoms with van der Waals surface area (Å²) in [6.07, 6.45) is 5.93. The maximum Gasteiger partial charge on any atom is 0.316 e. The quantitative estimate of drug-likeness (QED) is 0.298. The van der Waals surface area contributed by atoms with Crippen LogP contribution < -0.4 is 18.9 Å². The molecule has 2 N–H and O–H groups in total. The molecular weight excluding hydrogens is 468 g/mol. The molecule has 0 amide bonds. The van der Waals surface area contributed by atoms with Crippen LogP contribution in [0.2, 0.25) is 0 Å². The van der Waals surface area contributed by atoms with Crippen LogP contribution in [-0.2, 0) is 0 Å². The number of nitrogens with zero attached hydrogens (tertiary/aromatic N) is 4. The highest BCUT2D eigenvalue weighted by atomic mass is 79.9. The van der Waals surface area contributed by atoms with E-state index in [1.54, 1.807) is 12.4 Å². The first-order chi connectivity index (χ1) is 14.7. The lowest BCUT2D eigenvalue weighted by molar-refractivity contribution is 0.202. The number of ether oxygens (including phenoxy) is 2. The SMILES string of the molecule is CCCNSNc1ncnc(OCCOc2ncc(C)cn2)c1-c1ccc(Br)cc1. The lowest BCUT2D eigenvalue weighted by atomic mass is 10.1. The number of hydrogen-bond donors (Lipinski definition) is 2. The summed E-state index contributed by atoms with van der Waals surface area (Å²) in [5.74, 6) is 1.14. The zero-order valence-electron chi connectivity index (χ0n) is 16.8. The van der Waals surface area contributed by atoms with Crippen molar-refractivity contribution in [1.82, 2.24) is 24.7 Å². The third-order valence-corrected chi connectivity index (χ3v) is 5.00. The van der Waals surface area contributed by atoms with E-state index < -0.39 is 0 Å². The third kappa shape index (κ3) is 6.54. The molecule has 30 heavy (non-hydrogen) atoms. The van der Waals surface area contributed by atoms with E-state index in [0.29, 0.717) is 30.9 Å². The Morgan fingerprint density at radius 3 is 2.47 bits per heavy atom. The minimum absolute atomic E-state index is 0.290. The van der Waals surface area contributed by atoms with Gasteiger partial charge in [0.15, 0.2) is 5.82 Å². The molecule has 10 heteroatoms. The number of benzene rings is 1. The Hall–Kier alpha value is -2.43. The molecule has 3 aromatic rings. The van der Waals surface area contributed by atoms with Gasteiger partial charge in [-0.05, 0) is 36.6 Å². The van der Waals surface area contributed by atoms with E-state index in [2.05, 4.69) is 52.2 Å². The van der Waals surface area contributed by atoms with Gasteiger partial charge in [-0.1, -0.05) is 35.0 Å². The second-order valence-corrected chi connectivity index (χ2v) is 7.86. The van der Waals surface area contributed by atoms with Crippen molar-refractivity contribution in [2.24, 2.45) is 0 Å². The van der Waals surface area contributed by atoms with Gasteiger partial charge in [0, 0.05) is 35.5 Å². The van der Waals surface area contributed by atoms with Gasteiger partial charge >= 0.3 is 6.01 Å². The number of aromatic nitrogens is 4. The number of rotatable bonds is 11. The number of nitrogens with one attached hydrogen (secondary N) is 2. The van der Waals surface area contributed by atoms with Crippen LogP contribution >= 0.6 is 28.1 Å². The fraction of sp³-hybridized carbons (Fsp3) is 0.300. The van der Waals surface area contributed by atoms with E-state index in [4.69, 9.17) is 9.47 Å². The van der Waals surface area contributed by atoms with Gasteiger partial charge in [0.1, 0.15) is 19.5 Å². The van der Waals surface area contributed by atoms with Crippen molar-refractivity contribution in [1.29, 1.82) is 0 Å². The van der Waals surface area contributed by atoms with Crippen LogP contribution in [-0.4, -0.2) is 39.7 Å². The van der Waals surface area contributed by atoms with Gasteiger partial charge in [0.25, 0.3) is 0 Å². The molecule has 1 aromatic carbocycles. The van der Waals surface area contributed by atoms with Crippen LogP contribution in [0, 0.1) is 6.92 Å². The summed E-state index contributed by atoms with van der Waals surface area (Å²) >= 11 is 4.85. The maximum atomic E-state index is 5.92. The largest absolute Gasteiger partial charge is 0.473 e. The zero-order chi connectivity index (χ0) is 21.2. The normalized spacial score (nSPS) is 10.6. The predicted molar refractivity (Wildman–Crippen MR) is 122 cm³/mol. The number of anilines is 1. The average Bonchev–Trinajstić information content (AvgIpc) is 2.76. The van der Waals surface area contributed by atoms with E-state index >= 15 is 0 Å². The van der Waals surface area contributed by atoms with E-state index in [9.17, 15) is 0 Å². The number of aryl methyl sites for hydroxylation is 1. The second kappa shape index (κ2) is 11.7. The molecular formula is C20H23BrN6O2S. The zero-order valence-corrected chi connectivity index (χ0v) is 19.2. The summed E-state index contributed by atoms with van der Waals surface area (Å²) in [4.78, 5) is 17.0. The van der Waals surface area contributed by atoms with Gasteiger partial charge in [0.05, 0.1) is 5.56 Å². The Bertz CT molecular complexity index is 928. The molecule has 0 spiro atoms. The van der Waals surface area contributed by atoms with Crippen molar-refractivity contribution in [3.05, 3.63) is 53.0 Å². The minimum atomic E-state index is 0.290. The minimum Gasteiger partial charge on any atom is -0.473 e. The second-order valence-electron chi connectivity index (χ2n) is 6.25. The maximum absolute atomic E-state index is 5.92. The highest BCUT2D eigenvalue weighted by Gasteiger charge is 2.15. The monoisotopic (exact) mass is 490 g/mol. The van der Waals surface area contributed by atoms with Gasteiger partial charge in [-0.25, -0.2) is 24.7 Å². The molecule has 0 aliphatic rings. The van der Waals surface area contributed by atoms with Gasteiger partial charge in [-0.3, -0.25) is 0 Å². The molecule has 0 atom stereocenters. The average molecular weight is 491 g/mol. The van der Waals surface area contributed by atoms with Gasteiger partial charge in [-0.2, -0.15) is 0 Å². The molecule has 3 rings (SSSR count). The fourth-order valence-electron chi connectivity index (χ4n) is 2.40. The van der Waals surface area contributed by atoms with Gasteiger partial charge in [0.2, 0.25) is 5.88 Å². The lowest BCUT2D eigenvalue weighted by Crippen LogP contribution is -2.13. The molecule has 2 aromatic heterocycles. The first kappa shape index (κ1) is 22.3. The van der Waals surface area contributed by atoms with Crippen LogP contribution in [0.1, 0.15) is 18.9 Å². The molecule has 0 bridgehead atoms. The Kier molecular flexibility index (Phi) is 8.66. The van der Waals surface area contributed by atoms with E-state index in [1.165, 1.54) is 18.5 Å². The van der Waals surface area contributed by atoms with E-state index in [-0.39, 0.29) is 0 Å². The molecule has 0 fully saturated rings. The summed E-state index contributed by atoms with van der Waals surface area (Å²) in [5, 5.41) is 0. The first-order valence-electron chi connectivity index (χ1n) is 9.47. The summed E-state index contributed by atoms with van der Waals surface area (Å²) in [6.45, 7) is 5.51. The fourth-order valence-corrected chi connectivity index (χ4v) is 3.29. The number of hydrogen-bond acceptors (Lipinski definition) is 9. The Morgan fingerprint density at radius 2 is 1.73 bits per heavy atom. The molecule has 0 unspecified atom stereocenters. The molecule has 0 aliphatic heterocycles. The van der Waals surface area contributed by atoms with Gasteiger partial charge in [-0.15, -0.1) is 0 Å². The van der Waals surface area contributed by atoms with Crippen molar-refractivity contribution < 1.29 is 9.47 Å². The molecule has 0 saturated heterocycles. The Morgan fingerprint density at radius 1 is 1.00 bits per heavy atom. The Balaban J connectivity index is 1.71. The molecule has 8 nitrogen and oxygen atoms in total. The van der Waals surface area contributed by atoms with Crippen molar-refractivity contribution in [3.8, 4) is 23.0 Å². The lowest BCUT2D eigenvalue weighted by Gasteiger charge is -2.15. The molecule has 0 aliphatic carbocycles. The standard InChI is InChI=1S/C20H23BrN6O2S/c1-3-8-26-30-27-18-17(15-4-6-16(21)7-5-15)19(25-13-24-18)28-9-10-29-20-22-11-14(2)12-23-20/h4-7,11-13,26H,3,8-10H2,1-2H3,(H,24,25,27). The van der Waals surface area contributed by atoms with Crippen molar-refractivity contribution >= 4 is 33.9 Å². The van der Waals surface area contributed by atoms with Crippen LogP contribution in [0.4, 0.5) is 5.82 Å². The van der Waals surface area contributed by atoms with E-state index in [1.807, 2.05) is 31.2 Å². The molecule has 0 saturated carbocycles. The molecule has 0 radical (unpaired) electrons. The Labute approximate surface area is 188 Å². The predicted octanol–water partition coefficient (Wildman–Crippen LogP) is 4.44. The summed E-state index contributed by atoms with van der Waals surface area (Å²) < 4.78 is 18.9.